The van der Waals surface area contributed by atoms with Gasteiger partial charge in [-0.2, -0.15) is 0 Å². The number of carbonyl (C=O) groups excluding carboxylic acids is 1. The van der Waals surface area contributed by atoms with Gasteiger partial charge < -0.3 is 19.2 Å². The molecular formula is C23H26N2O5. The maximum absolute atomic E-state index is 12.6. The summed E-state index contributed by atoms with van der Waals surface area (Å²) in [7, 11) is 0. The maximum Gasteiger partial charge on any atom is 0.419 e. The van der Waals surface area contributed by atoms with Crippen LogP contribution in [0.15, 0.2) is 51.7 Å². The number of aryl methyl sites for hydroxylation is 1. The fraction of sp³-hybridized carbons (Fsp3) is 0.391. The lowest BCUT2D eigenvalue weighted by Gasteiger charge is -2.25. The van der Waals surface area contributed by atoms with E-state index in [1.54, 1.807) is 10.6 Å². The smallest absolute Gasteiger partial charge is 0.419 e. The Balaban J connectivity index is 1.39. The minimum atomic E-state index is -0.395. The Labute approximate surface area is 174 Å². The standard InChI is InChI=1S/C23H26N2O5/c1-15(2)22(16-9-10-19-20(14-16)29-13-12-28-19)24-21(26)8-5-11-25-17-6-3-4-7-18(17)30-23(25)27/h3-4,6-7,9-10,14-15,22H,5,8,11-13H2,1-2H3,(H,24,26)/t22-/m0/s1. The first-order valence-corrected chi connectivity index (χ1v) is 10.3. The Bertz CT molecular complexity index is 1100. The molecule has 3 aromatic rings. The topological polar surface area (TPSA) is 82.7 Å². The van der Waals surface area contributed by atoms with Crippen LogP contribution < -0.4 is 20.5 Å². The molecule has 0 fully saturated rings. The summed E-state index contributed by atoms with van der Waals surface area (Å²) >= 11 is 0. The molecule has 0 unspecified atom stereocenters. The Hall–Kier alpha value is -3.22. The van der Waals surface area contributed by atoms with Crippen molar-refractivity contribution in [1.82, 2.24) is 9.88 Å². The first-order chi connectivity index (χ1) is 14.5. The average molecular weight is 410 g/mol. The molecule has 158 valence electrons. The Morgan fingerprint density at radius 1 is 1.10 bits per heavy atom. The van der Waals surface area contributed by atoms with E-state index in [0.29, 0.717) is 43.9 Å². The third kappa shape index (κ3) is 4.20. The van der Waals surface area contributed by atoms with Crippen LogP contribution in [0.25, 0.3) is 11.1 Å². The molecule has 4 rings (SSSR count). The van der Waals surface area contributed by atoms with E-state index >= 15 is 0 Å². The van der Waals surface area contributed by atoms with Gasteiger partial charge in [0.1, 0.15) is 13.2 Å². The number of hydrogen-bond acceptors (Lipinski definition) is 5. The highest BCUT2D eigenvalue weighted by Crippen LogP contribution is 2.34. The molecule has 1 aliphatic heterocycles. The van der Waals surface area contributed by atoms with E-state index in [-0.39, 0.29) is 17.9 Å². The second kappa shape index (κ2) is 8.65. The molecule has 1 atom stereocenters. The number of para-hydroxylation sites is 2. The van der Waals surface area contributed by atoms with Gasteiger partial charge in [-0.15, -0.1) is 0 Å². The molecule has 7 heteroatoms. The number of benzene rings is 2. The molecule has 0 saturated heterocycles. The molecule has 0 aliphatic carbocycles. The van der Waals surface area contributed by atoms with Crippen molar-refractivity contribution in [2.75, 3.05) is 13.2 Å². The van der Waals surface area contributed by atoms with E-state index in [0.717, 1.165) is 16.8 Å². The van der Waals surface area contributed by atoms with Crippen LogP contribution in [0.5, 0.6) is 11.5 Å². The summed E-state index contributed by atoms with van der Waals surface area (Å²) in [5, 5.41) is 3.13. The highest BCUT2D eigenvalue weighted by Gasteiger charge is 2.21. The third-order valence-electron chi connectivity index (χ3n) is 5.27. The van der Waals surface area contributed by atoms with Gasteiger partial charge in [-0.25, -0.2) is 4.79 Å². The van der Waals surface area contributed by atoms with Gasteiger partial charge in [-0.05, 0) is 42.2 Å². The minimum Gasteiger partial charge on any atom is -0.486 e. The zero-order valence-electron chi connectivity index (χ0n) is 17.2. The van der Waals surface area contributed by atoms with Crippen molar-refractivity contribution in [2.45, 2.75) is 39.3 Å². The van der Waals surface area contributed by atoms with Crippen LogP contribution in [0.3, 0.4) is 0 Å². The van der Waals surface area contributed by atoms with Crippen LogP contribution in [-0.4, -0.2) is 23.7 Å². The third-order valence-corrected chi connectivity index (χ3v) is 5.27. The molecule has 2 heterocycles. The summed E-state index contributed by atoms with van der Waals surface area (Å²) in [5.74, 6) is 1.20. The Morgan fingerprint density at radius 2 is 1.87 bits per heavy atom. The Kier molecular flexibility index (Phi) is 5.79. The number of amides is 1. The molecule has 1 aliphatic rings. The summed E-state index contributed by atoms with van der Waals surface area (Å²) in [4.78, 5) is 24.7. The van der Waals surface area contributed by atoms with Crippen LogP contribution in [0.1, 0.15) is 38.3 Å². The van der Waals surface area contributed by atoms with Gasteiger partial charge in [0.15, 0.2) is 17.1 Å². The fourth-order valence-electron chi connectivity index (χ4n) is 3.76. The quantitative estimate of drug-likeness (QED) is 0.643. The second-order valence-electron chi connectivity index (χ2n) is 7.78. The van der Waals surface area contributed by atoms with Gasteiger partial charge in [0.2, 0.25) is 5.91 Å². The van der Waals surface area contributed by atoms with Crippen molar-refractivity contribution < 1.29 is 18.7 Å². The molecule has 0 radical (unpaired) electrons. The number of rotatable bonds is 7. The molecule has 1 N–H and O–H groups in total. The van der Waals surface area contributed by atoms with Gasteiger partial charge in [-0.1, -0.05) is 32.0 Å². The minimum absolute atomic E-state index is 0.0514. The van der Waals surface area contributed by atoms with Crippen LogP contribution in [0, 0.1) is 5.92 Å². The van der Waals surface area contributed by atoms with Gasteiger partial charge in [0.25, 0.3) is 0 Å². The van der Waals surface area contributed by atoms with Crippen molar-refractivity contribution in [3.63, 3.8) is 0 Å². The van der Waals surface area contributed by atoms with Crippen molar-refractivity contribution in [3.05, 3.63) is 58.6 Å². The average Bonchev–Trinajstić information content (AvgIpc) is 3.06. The van der Waals surface area contributed by atoms with E-state index < -0.39 is 5.76 Å². The summed E-state index contributed by atoms with van der Waals surface area (Å²) in [6.45, 7) is 5.64. The molecule has 0 bridgehead atoms. The number of ether oxygens (including phenoxy) is 2. The normalized spacial score (nSPS) is 14.1. The maximum atomic E-state index is 12.6. The predicted molar refractivity (Wildman–Crippen MR) is 113 cm³/mol. The van der Waals surface area contributed by atoms with E-state index in [4.69, 9.17) is 13.9 Å². The van der Waals surface area contributed by atoms with Crippen LogP contribution in [0.2, 0.25) is 0 Å². The lowest BCUT2D eigenvalue weighted by atomic mass is 9.95. The highest BCUT2D eigenvalue weighted by molar-refractivity contribution is 5.76. The molecule has 2 aromatic carbocycles. The van der Waals surface area contributed by atoms with Crippen molar-refractivity contribution in [2.24, 2.45) is 5.92 Å². The zero-order valence-corrected chi connectivity index (χ0v) is 17.2. The summed E-state index contributed by atoms with van der Waals surface area (Å²) < 4.78 is 18.1. The molecule has 30 heavy (non-hydrogen) atoms. The number of oxazole rings is 1. The van der Waals surface area contributed by atoms with Crippen molar-refractivity contribution >= 4 is 17.0 Å². The SMILES string of the molecule is CC(C)[C@H](NC(=O)CCCn1c(=O)oc2ccccc21)c1ccc2c(c1)OCCO2. The molecule has 0 saturated carbocycles. The van der Waals surface area contributed by atoms with Gasteiger partial charge >= 0.3 is 5.76 Å². The van der Waals surface area contributed by atoms with Crippen molar-refractivity contribution in [3.8, 4) is 11.5 Å². The lowest BCUT2D eigenvalue weighted by molar-refractivity contribution is -0.122. The number of nitrogens with one attached hydrogen (secondary N) is 1. The van der Waals surface area contributed by atoms with E-state index in [1.165, 1.54) is 0 Å². The lowest BCUT2D eigenvalue weighted by Crippen LogP contribution is -2.32. The first-order valence-electron chi connectivity index (χ1n) is 10.3. The number of nitrogens with zero attached hydrogens (tertiary/aromatic N) is 1. The van der Waals surface area contributed by atoms with Crippen LogP contribution in [0.4, 0.5) is 0 Å². The molecule has 1 aromatic heterocycles. The molecule has 0 spiro atoms. The monoisotopic (exact) mass is 410 g/mol. The van der Waals surface area contributed by atoms with Crippen LogP contribution >= 0.6 is 0 Å². The van der Waals surface area contributed by atoms with E-state index in [9.17, 15) is 9.59 Å². The van der Waals surface area contributed by atoms with Crippen molar-refractivity contribution in [1.29, 1.82) is 0 Å². The summed E-state index contributed by atoms with van der Waals surface area (Å²) in [6, 6.07) is 13.0. The van der Waals surface area contributed by atoms with Gasteiger partial charge in [0, 0.05) is 13.0 Å². The number of carbonyl (C=O) groups is 1. The Morgan fingerprint density at radius 3 is 2.67 bits per heavy atom. The predicted octanol–water partition coefficient (Wildman–Crippen LogP) is 3.66. The molecule has 7 nitrogen and oxygen atoms in total. The zero-order chi connectivity index (χ0) is 21.1. The molecule has 1 amide bonds. The van der Waals surface area contributed by atoms with Gasteiger partial charge in [-0.3, -0.25) is 9.36 Å². The molecular weight excluding hydrogens is 384 g/mol. The second-order valence-corrected chi connectivity index (χ2v) is 7.78. The summed E-state index contributed by atoms with van der Waals surface area (Å²) in [5.41, 5.74) is 2.30. The van der Waals surface area contributed by atoms with E-state index in [1.807, 2.05) is 36.4 Å². The number of hydrogen-bond donors (Lipinski definition) is 1. The summed E-state index contributed by atoms with van der Waals surface area (Å²) in [6.07, 6.45) is 0.862. The van der Waals surface area contributed by atoms with E-state index in [2.05, 4.69) is 19.2 Å². The van der Waals surface area contributed by atoms with Gasteiger partial charge in [0.05, 0.1) is 11.6 Å². The number of fused-ring (bicyclic) bond motifs is 2. The fourth-order valence-corrected chi connectivity index (χ4v) is 3.76. The van der Waals surface area contributed by atoms with Crippen LogP contribution in [-0.2, 0) is 11.3 Å². The largest absolute Gasteiger partial charge is 0.486 e. The first kappa shape index (κ1) is 20.1. The highest BCUT2D eigenvalue weighted by atomic mass is 16.6. The number of aromatic nitrogens is 1.